The Morgan fingerprint density at radius 2 is 2.00 bits per heavy atom. The highest BCUT2D eigenvalue weighted by atomic mass is 32.1. The third-order valence-corrected chi connectivity index (χ3v) is 5.18. The summed E-state index contributed by atoms with van der Waals surface area (Å²) < 4.78 is 0. The molecule has 1 saturated heterocycles. The van der Waals surface area contributed by atoms with E-state index in [-0.39, 0.29) is 5.78 Å². The fourth-order valence-corrected chi connectivity index (χ4v) is 3.62. The summed E-state index contributed by atoms with van der Waals surface area (Å²) in [4.78, 5) is 19.2. The van der Waals surface area contributed by atoms with Gasteiger partial charge in [0, 0.05) is 20.0 Å². The number of nitrogens with zero attached hydrogens (tertiary/aromatic N) is 2. The molecular formula is C14H22N2OS. The van der Waals surface area contributed by atoms with Crippen LogP contribution in [0.3, 0.4) is 0 Å². The van der Waals surface area contributed by atoms with Crippen LogP contribution in [0.2, 0.25) is 0 Å². The number of hydrogen-bond donors (Lipinski definition) is 0. The first kappa shape index (κ1) is 13.5. The minimum absolute atomic E-state index is 0.133. The van der Waals surface area contributed by atoms with E-state index in [1.807, 2.05) is 6.92 Å². The first-order valence-corrected chi connectivity index (χ1v) is 7.54. The summed E-state index contributed by atoms with van der Waals surface area (Å²) in [6.07, 6.45) is 2.48. The molecule has 3 nitrogen and oxygen atoms in total. The third kappa shape index (κ3) is 2.74. The number of ketones is 1. The SMILES string of the molecule is CC(=O)c1sc(N2CCC(C(C)C)CC2)nc1C. The lowest BCUT2D eigenvalue weighted by atomic mass is 9.87. The Balaban J connectivity index is 2.06. The maximum absolute atomic E-state index is 11.5. The Bertz CT molecular complexity index is 431. The lowest BCUT2D eigenvalue weighted by Crippen LogP contribution is -2.35. The Kier molecular flexibility index (Phi) is 4.05. The smallest absolute Gasteiger partial charge is 0.186 e. The van der Waals surface area contributed by atoms with Crippen molar-refractivity contribution >= 4 is 22.3 Å². The van der Waals surface area contributed by atoms with E-state index in [0.29, 0.717) is 0 Å². The van der Waals surface area contributed by atoms with E-state index in [0.717, 1.165) is 40.6 Å². The molecule has 0 radical (unpaired) electrons. The molecule has 1 aromatic rings. The van der Waals surface area contributed by atoms with Crippen LogP contribution in [-0.4, -0.2) is 23.9 Å². The summed E-state index contributed by atoms with van der Waals surface area (Å²) in [5, 5.41) is 1.03. The van der Waals surface area contributed by atoms with Crippen LogP contribution in [-0.2, 0) is 0 Å². The van der Waals surface area contributed by atoms with Gasteiger partial charge >= 0.3 is 0 Å². The Hall–Kier alpha value is -0.900. The van der Waals surface area contributed by atoms with E-state index in [4.69, 9.17) is 0 Å². The second kappa shape index (κ2) is 5.39. The number of aryl methyl sites for hydroxylation is 1. The van der Waals surface area contributed by atoms with E-state index in [9.17, 15) is 4.79 Å². The third-order valence-electron chi connectivity index (χ3n) is 3.86. The monoisotopic (exact) mass is 266 g/mol. The van der Waals surface area contributed by atoms with Crippen molar-refractivity contribution in [1.29, 1.82) is 0 Å². The molecule has 100 valence electrons. The summed E-state index contributed by atoms with van der Waals surface area (Å²) in [5.41, 5.74) is 0.883. The molecule has 18 heavy (non-hydrogen) atoms. The first-order valence-electron chi connectivity index (χ1n) is 6.72. The van der Waals surface area contributed by atoms with Crippen LogP contribution in [0, 0.1) is 18.8 Å². The van der Waals surface area contributed by atoms with Gasteiger partial charge in [0.1, 0.15) is 0 Å². The molecule has 0 saturated carbocycles. The molecule has 1 aliphatic rings. The summed E-state index contributed by atoms with van der Waals surface area (Å²) in [6, 6.07) is 0. The fraction of sp³-hybridized carbons (Fsp3) is 0.714. The standard InChI is InChI=1S/C14H22N2OS/c1-9(2)12-5-7-16(8-6-12)14-15-10(3)13(18-14)11(4)17/h9,12H,5-8H2,1-4H3. The molecule has 0 amide bonds. The van der Waals surface area contributed by atoms with Crippen LogP contribution in [0.5, 0.6) is 0 Å². The van der Waals surface area contributed by atoms with Crippen LogP contribution in [0.25, 0.3) is 0 Å². The maximum atomic E-state index is 11.5. The Morgan fingerprint density at radius 1 is 1.39 bits per heavy atom. The molecular weight excluding hydrogens is 244 g/mol. The van der Waals surface area contributed by atoms with Gasteiger partial charge < -0.3 is 4.90 Å². The molecule has 0 aromatic carbocycles. The number of Topliss-reactive ketones (excluding diaryl/α,β-unsaturated/α-hetero) is 1. The van der Waals surface area contributed by atoms with Crippen molar-refractivity contribution in [3.8, 4) is 0 Å². The van der Waals surface area contributed by atoms with Crippen LogP contribution in [0.15, 0.2) is 0 Å². The van der Waals surface area contributed by atoms with Gasteiger partial charge in [0.15, 0.2) is 10.9 Å². The number of piperidine rings is 1. The highest BCUT2D eigenvalue weighted by Crippen LogP contribution is 2.31. The van der Waals surface area contributed by atoms with Gasteiger partial charge in [0.2, 0.25) is 0 Å². The second-order valence-corrected chi connectivity index (χ2v) is 6.51. The zero-order valence-corrected chi connectivity index (χ0v) is 12.5. The topological polar surface area (TPSA) is 33.2 Å². The molecule has 0 aliphatic carbocycles. The predicted molar refractivity (Wildman–Crippen MR) is 76.6 cm³/mol. The maximum Gasteiger partial charge on any atom is 0.186 e. The number of rotatable bonds is 3. The highest BCUT2D eigenvalue weighted by molar-refractivity contribution is 7.17. The van der Waals surface area contributed by atoms with Crippen LogP contribution >= 0.6 is 11.3 Å². The number of carbonyl (C=O) groups excluding carboxylic acids is 1. The van der Waals surface area contributed by atoms with E-state index in [1.165, 1.54) is 12.8 Å². The summed E-state index contributed by atoms with van der Waals surface area (Å²) in [6.45, 7) is 10.3. The normalized spacial score (nSPS) is 17.5. The zero-order chi connectivity index (χ0) is 13.3. The quantitative estimate of drug-likeness (QED) is 0.785. The van der Waals surface area contributed by atoms with Crippen molar-refractivity contribution in [3.05, 3.63) is 10.6 Å². The van der Waals surface area contributed by atoms with Gasteiger partial charge in [-0.25, -0.2) is 4.98 Å². The van der Waals surface area contributed by atoms with Gasteiger partial charge in [-0.05, 0) is 31.6 Å². The molecule has 1 aliphatic heterocycles. The number of anilines is 1. The zero-order valence-electron chi connectivity index (χ0n) is 11.7. The average molecular weight is 266 g/mol. The van der Waals surface area contributed by atoms with Crippen molar-refractivity contribution in [1.82, 2.24) is 4.98 Å². The molecule has 4 heteroatoms. The largest absolute Gasteiger partial charge is 0.348 e. The van der Waals surface area contributed by atoms with Crippen LogP contribution in [0.1, 0.15) is 49.0 Å². The van der Waals surface area contributed by atoms with E-state index in [1.54, 1.807) is 18.3 Å². The molecule has 2 heterocycles. The lowest BCUT2D eigenvalue weighted by Gasteiger charge is -2.33. The Labute approximate surface area is 113 Å². The fourth-order valence-electron chi connectivity index (χ4n) is 2.60. The van der Waals surface area contributed by atoms with Crippen LogP contribution < -0.4 is 4.90 Å². The van der Waals surface area contributed by atoms with Gasteiger partial charge in [-0.3, -0.25) is 4.79 Å². The van der Waals surface area contributed by atoms with E-state index in [2.05, 4.69) is 23.7 Å². The molecule has 1 fully saturated rings. The summed E-state index contributed by atoms with van der Waals surface area (Å²) in [5.74, 6) is 1.75. The predicted octanol–water partition coefficient (Wildman–Crippen LogP) is 3.53. The summed E-state index contributed by atoms with van der Waals surface area (Å²) >= 11 is 1.55. The van der Waals surface area contributed by atoms with Crippen LogP contribution in [0.4, 0.5) is 5.13 Å². The van der Waals surface area contributed by atoms with Gasteiger partial charge in [-0.2, -0.15) is 0 Å². The summed E-state index contributed by atoms with van der Waals surface area (Å²) in [7, 11) is 0. The molecule has 1 aromatic heterocycles. The molecule has 2 rings (SSSR count). The number of aromatic nitrogens is 1. The van der Waals surface area contributed by atoms with Gasteiger partial charge in [-0.1, -0.05) is 25.2 Å². The second-order valence-electron chi connectivity index (χ2n) is 5.54. The van der Waals surface area contributed by atoms with E-state index >= 15 is 0 Å². The van der Waals surface area contributed by atoms with Crippen molar-refractivity contribution < 1.29 is 4.79 Å². The van der Waals surface area contributed by atoms with Crippen molar-refractivity contribution in [2.24, 2.45) is 11.8 Å². The molecule has 0 atom stereocenters. The van der Waals surface area contributed by atoms with Crippen molar-refractivity contribution in [3.63, 3.8) is 0 Å². The van der Waals surface area contributed by atoms with Crippen molar-refractivity contribution in [2.45, 2.75) is 40.5 Å². The minimum Gasteiger partial charge on any atom is -0.348 e. The van der Waals surface area contributed by atoms with Gasteiger partial charge in [0.25, 0.3) is 0 Å². The van der Waals surface area contributed by atoms with Gasteiger partial charge in [-0.15, -0.1) is 0 Å². The lowest BCUT2D eigenvalue weighted by molar-refractivity contribution is 0.102. The first-order chi connectivity index (χ1) is 8.49. The molecule has 0 bridgehead atoms. The minimum atomic E-state index is 0.133. The number of thiazole rings is 1. The van der Waals surface area contributed by atoms with Gasteiger partial charge in [0.05, 0.1) is 10.6 Å². The number of hydrogen-bond acceptors (Lipinski definition) is 4. The Morgan fingerprint density at radius 3 is 2.44 bits per heavy atom. The molecule has 0 N–H and O–H groups in total. The van der Waals surface area contributed by atoms with Crippen molar-refractivity contribution in [2.75, 3.05) is 18.0 Å². The number of carbonyl (C=O) groups is 1. The average Bonchev–Trinajstić information content (AvgIpc) is 2.71. The van der Waals surface area contributed by atoms with E-state index < -0.39 is 0 Å². The molecule has 0 unspecified atom stereocenters. The highest BCUT2D eigenvalue weighted by Gasteiger charge is 2.24. The molecule has 0 spiro atoms.